The van der Waals surface area contributed by atoms with E-state index in [0.717, 1.165) is 0 Å². The highest BCUT2D eigenvalue weighted by atomic mass is 19.1. The molecule has 2 aromatic rings. The van der Waals surface area contributed by atoms with E-state index in [-0.39, 0.29) is 17.7 Å². The standard InChI is InChI=1S/C13H13FN2O3/c1-16-7-6-12(15-16)19-8-10-9(13(17)18-2)4-3-5-11(10)14/h3-7H,8H2,1-2H3. The number of nitrogens with zero attached hydrogens (tertiary/aromatic N) is 2. The van der Waals surface area contributed by atoms with Crippen LogP contribution in [0.2, 0.25) is 0 Å². The number of aryl methyl sites for hydroxylation is 1. The van der Waals surface area contributed by atoms with Crippen LogP contribution in [0.5, 0.6) is 5.88 Å². The van der Waals surface area contributed by atoms with Gasteiger partial charge >= 0.3 is 5.97 Å². The van der Waals surface area contributed by atoms with Crippen LogP contribution in [0.3, 0.4) is 0 Å². The number of methoxy groups -OCH3 is 1. The average molecular weight is 264 g/mol. The number of aromatic nitrogens is 2. The second-order valence-corrected chi connectivity index (χ2v) is 3.87. The number of hydrogen-bond donors (Lipinski definition) is 0. The molecule has 0 radical (unpaired) electrons. The summed E-state index contributed by atoms with van der Waals surface area (Å²) in [6.45, 7) is -0.0892. The summed E-state index contributed by atoms with van der Waals surface area (Å²) >= 11 is 0. The number of hydrogen-bond acceptors (Lipinski definition) is 4. The fourth-order valence-electron chi connectivity index (χ4n) is 1.62. The van der Waals surface area contributed by atoms with Gasteiger partial charge < -0.3 is 9.47 Å². The maximum Gasteiger partial charge on any atom is 0.338 e. The fourth-order valence-corrected chi connectivity index (χ4v) is 1.62. The predicted octanol–water partition coefficient (Wildman–Crippen LogP) is 1.92. The van der Waals surface area contributed by atoms with Gasteiger partial charge in [-0.2, -0.15) is 0 Å². The lowest BCUT2D eigenvalue weighted by Gasteiger charge is -2.09. The zero-order chi connectivity index (χ0) is 13.8. The predicted molar refractivity (Wildman–Crippen MR) is 65.3 cm³/mol. The van der Waals surface area contributed by atoms with Crippen molar-refractivity contribution >= 4 is 5.97 Å². The molecule has 0 N–H and O–H groups in total. The molecule has 0 aliphatic heterocycles. The number of benzene rings is 1. The molecule has 0 fully saturated rings. The molecule has 1 heterocycles. The van der Waals surface area contributed by atoms with Crippen LogP contribution < -0.4 is 4.74 Å². The first kappa shape index (κ1) is 13.1. The van der Waals surface area contributed by atoms with E-state index in [1.165, 1.54) is 25.3 Å². The van der Waals surface area contributed by atoms with Gasteiger partial charge in [0.1, 0.15) is 12.4 Å². The average Bonchev–Trinajstić information content (AvgIpc) is 2.82. The SMILES string of the molecule is COC(=O)c1cccc(F)c1COc1ccn(C)n1. The minimum Gasteiger partial charge on any atom is -0.472 e. The van der Waals surface area contributed by atoms with Gasteiger partial charge in [0.15, 0.2) is 0 Å². The van der Waals surface area contributed by atoms with Crippen molar-refractivity contribution in [2.45, 2.75) is 6.61 Å². The Kier molecular flexibility index (Phi) is 3.79. The van der Waals surface area contributed by atoms with Crippen molar-refractivity contribution < 1.29 is 18.7 Å². The van der Waals surface area contributed by atoms with Crippen LogP contribution in [-0.4, -0.2) is 22.9 Å². The van der Waals surface area contributed by atoms with Gasteiger partial charge in [-0.3, -0.25) is 4.68 Å². The third-order valence-electron chi connectivity index (χ3n) is 2.58. The fraction of sp³-hybridized carbons (Fsp3) is 0.231. The summed E-state index contributed by atoms with van der Waals surface area (Å²) in [5.41, 5.74) is 0.304. The molecule has 0 spiro atoms. The Morgan fingerprint density at radius 2 is 2.21 bits per heavy atom. The molecule has 6 heteroatoms. The first-order chi connectivity index (χ1) is 9.11. The number of carbonyl (C=O) groups is 1. The van der Waals surface area contributed by atoms with Gasteiger partial charge in [0.05, 0.1) is 12.7 Å². The Balaban J connectivity index is 2.21. The monoisotopic (exact) mass is 264 g/mol. The minimum atomic E-state index is -0.598. The molecule has 0 saturated carbocycles. The molecule has 0 unspecified atom stereocenters. The summed E-state index contributed by atoms with van der Waals surface area (Å²) < 4.78 is 25.3. The van der Waals surface area contributed by atoms with Crippen molar-refractivity contribution in [3.05, 3.63) is 47.4 Å². The van der Waals surface area contributed by atoms with Gasteiger partial charge in [0.25, 0.3) is 0 Å². The largest absolute Gasteiger partial charge is 0.472 e. The lowest BCUT2D eigenvalue weighted by molar-refractivity contribution is 0.0596. The molecule has 100 valence electrons. The lowest BCUT2D eigenvalue weighted by Crippen LogP contribution is -2.10. The van der Waals surface area contributed by atoms with Gasteiger partial charge in [0, 0.05) is 24.9 Å². The normalized spacial score (nSPS) is 10.3. The molecule has 0 saturated heterocycles. The summed E-state index contributed by atoms with van der Waals surface area (Å²) in [4.78, 5) is 11.5. The third-order valence-corrected chi connectivity index (χ3v) is 2.58. The molecule has 1 aromatic carbocycles. The zero-order valence-corrected chi connectivity index (χ0v) is 10.6. The van der Waals surface area contributed by atoms with E-state index < -0.39 is 11.8 Å². The van der Waals surface area contributed by atoms with Crippen LogP contribution in [0.25, 0.3) is 0 Å². The summed E-state index contributed by atoms with van der Waals surface area (Å²) in [6.07, 6.45) is 1.71. The van der Waals surface area contributed by atoms with E-state index in [9.17, 15) is 9.18 Å². The molecule has 0 atom stereocenters. The second kappa shape index (κ2) is 5.51. The summed E-state index contributed by atoms with van der Waals surface area (Å²) in [6, 6.07) is 5.86. The molecule has 0 bridgehead atoms. The Morgan fingerprint density at radius 3 is 2.84 bits per heavy atom. The molecule has 2 rings (SSSR count). The van der Waals surface area contributed by atoms with Crippen molar-refractivity contribution in [1.82, 2.24) is 9.78 Å². The molecule has 19 heavy (non-hydrogen) atoms. The molecule has 5 nitrogen and oxygen atoms in total. The van der Waals surface area contributed by atoms with Gasteiger partial charge in [0.2, 0.25) is 5.88 Å². The van der Waals surface area contributed by atoms with Crippen molar-refractivity contribution in [2.24, 2.45) is 7.05 Å². The summed E-state index contributed by atoms with van der Waals surface area (Å²) in [5.74, 6) is -0.750. The summed E-state index contributed by atoms with van der Waals surface area (Å²) in [5, 5.41) is 4.01. The topological polar surface area (TPSA) is 53.4 Å². The van der Waals surface area contributed by atoms with Crippen LogP contribution in [0.1, 0.15) is 15.9 Å². The van der Waals surface area contributed by atoms with Gasteiger partial charge in [-0.25, -0.2) is 9.18 Å². The van der Waals surface area contributed by atoms with Crippen LogP contribution in [0, 0.1) is 5.82 Å². The Hall–Kier alpha value is -2.37. The van der Waals surface area contributed by atoms with Crippen molar-refractivity contribution in [3.8, 4) is 5.88 Å². The van der Waals surface area contributed by atoms with E-state index in [0.29, 0.717) is 5.88 Å². The minimum absolute atomic E-state index is 0.0892. The van der Waals surface area contributed by atoms with Crippen molar-refractivity contribution in [3.63, 3.8) is 0 Å². The van der Waals surface area contributed by atoms with E-state index in [1.807, 2.05) is 0 Å². The van der Waals surface area contributed by atoms with Gasteiger partial charge in [-0.1, -0.05) is 6.07 Å². The number of rotatable bonds is 4. The lowest BCUT2D eigenvalue weighted by atomic mass is 10.1. The highest BCUT2D eigenvalue weighted by Gasteiger charge is 2.16. The van der Waals surface area contributed by atoms with E-state index in [2.05, 4.69) is 9.84 Å². The van der Waals surface area contributed by atoms with Crippen LogP contribution >= 0.6 is 0 Å². The molecule has 0 aliphatic rings. The number of esters is 1. The highest BCUT2D eigenvalue weighted by Crippen LogP contribution is 2.17. The van der Waals surface area contributed by atoms with E-state index in [4.69, 9.17) is 4.74 Å². The molecular formula is C13H13FN2O3. The molecule has 0 amide bonds. The van der Waals surface area contributed by atoms with Gasteiger partial charge in [-0.05, 0) is 12.1 Å². The maximum atomic E-state index is 13.7. The Bertz CT molecular complexity index is 595. The first-order valence-corrected chi connectivity index (χ1v) is 5.60. The zero-order valence-electron chi connectivity index (χ0n) is 10.6. The van der Waals surface area contributed by atoms with Crippen LogP contribution in [-0.2, 0) is 18.4 Å². The van der Waals surface area contributed by atoms with E-state index in [1.54, 1.807) is 24.0 Å². The van der Waals surface area contributed by atoms with Crippen LogP contribution in [0.4, 0.5) is 4.39 Å². The maximum absolute atomic E-state index is 13.7. The highest BCUT2D eigenvalue weighted by molar-refractivity contribution is 5.91. The number of carbonyl (C=O) groups excluding carboxylic acids is 1. The first-order valence-electron chi connectivity index (χ1n) is 5.60. The quantitative estimate of drug-likeness (QED) is 0.792. The third kappa shape index (κ3) is 2.90. The molecule has 1 aromatic heterocycles. The Morgan fingerprint density at radius 1 is 1.42 bits per heavy atom. The molecular weight excluding hydrogens is 251 g/mol. The van der Waals surface area contributed by atoms with Gasteiger partial charge in [-0.15, -0.1) is 5.10 Å². The smallest absolute Gasteiger partial charge is 0.338 e. The Labute approximate surface area is 109 Å². The molecule has 0 aliphatic carbocycles. The number of ether oxygens (including phenoxy) is 2. The van der Waals surface area contributed by atoms with Crippen molar-refractivity contribution in [2.75, 3.05) is 7.11 Å². The number of halogens is 1. The van der Waals surface area contributed by atoms with E-state index >= 15 is 0 Å². The van der Waals surface area contributed by atoms with Crippen LogP contribution in [0.15, 0.2) is 30.5 Å². The van der Waals surface area contributed by atoms with Crippen molar-refractivity contribution in [1.29, 1.82) is 0 Å². The second-order valence-electron chi connectivity index (χ2n) is 3.87. The summed E-state index contributed by atoms with van der Waals surface area (Å²) in [7, 11) is 2.99.